The first-order chi connectivity index (χ1) is 12.8. The van der Waals surface area contributed by atoms with Crippen molar-refractivity contribution in [3.8, 4) is 0 Å². The number of carbonyl (C=O) groups is 1. The van der Waals surface area contributed by atoms with Crippen LogP contribution < -0.4 is 9.62 Å². The first kappa shape index (κ1) is 21.0. The molecule has 1 amide bonds. The van der Waals surface area contributed by atoms with E-state index in [1.54, 1.807) is 0 Å². The summed E-state index contributed by atoms with van der Waals surface area (Å²) in [7, 11) is -3.39. The monoisotopic (exact) mass is 388 g/mol. The number of rotatable bonds is 9. The Labute approximate surface area is 162 Å². The van der Waals surface area contributed by atoms with Crippen molar-refractivity contribution in [3.05, 3.63) is 65.2 Å². The van der Waals surface area contributed by atoms with Gasteiger partial charge in [-0.1, -0.05) is 48.9 Å². The highest BCUT2D eigenvalue weighted by atomic mass is 32.2. The van der Waals surface area contributed by atoms with Gasteiger partial charge in [0.1, 0.15) is 0 Å². The molecule has 0 aliphatic rings. The Morgan fingerprint density at radius 2 is 1.78 bits per heavy atom. The minimum Gasteiger partial charge on any atom is -0.352 e. The SMILES string of the molecule is CCc1ccc(N(CCCC(=O)NCc2cccc(C)c2)S(C)(=O)=O)cc1. The van der Waals surface area contributed by atoms with Crippen LogP contribution in [-0.4, -0.2) is 27.1 Å². The molecular formula is C21H28N2O3S. The standard InChI is InChI=1S/C21H28N2O3S/c1-4-18-10-12-20(13-11-18)23(27(3,25)26)14-6-9-21(24)22-16-19-8-5-7-17(2)15-19/h5,7-8,10-13,15H,4,6,9,14,16H2,1-3H3,(H,22,24). The molecule has 6 heteroatoms. The fourth-order valence-corrected chi connectivity index (χ4v) is 3.84. The van der Waals surface area contributed by atoms with Crippen molar-refractivity contribution in [1.29, 1.82) is 0 Å². The zero-order valence-electron chi connectivity index (χ0n) is 16.2. The van der Waals surface area contributed by atoms with E-state index < -0.39 is 10.0 Å². The highest BCUT2D eigenvalue weighted by Crippen LogP contribution is 2.19. The summed E-state index contributed by atoms with van der Waals surface area (Å²) in [5, 5.41) is 2.89. The predicted octanol–water partition coefficient (Wildman–Crippen LogP) is 3.42. The number of nitrogens with one attached hydrogen (secondary N) is 1. The van der Waals surface area contributed by atoms with Crippen molar-refractivity contribution in [3.63, 3.8) is 0 Å². The first-order valence-corrected chi connectivity index (χ1v) is 11.0. The molecule has 1 N–H and O–H groups in total. The Morgan fingerprint density at radius 1 is 1.07 bits per heavy atom. The molecule has 2 aromatic carbocycles. The van der Waals surface area contributed by atoms with E-state index in [-0.39, 0.29) is 18.9 Å². The third kappa shape index (κ3) is 6.71. The molecule has 0 radical (unpaired) electrons. The molecule has 0 aliphatic heterocycles. The summed E-state index contributed by atoms with van der Waals surface area (Å²) in [5.74, 6) is -0.0775. The van der Waals surface area contributed by atoms with E-state index in [4.69, 9.17) is 0 Å². The summed E-state index contributed by atoms with van der Waals surface area (Å²) < 4.78 is 25.6. The summed E-state index contributed by atoms with van der Waals surface area (Å²) in [4.78, 5) is 12.1. The Kier molecular flexibility index (Phi) is 7.42. The molecular weight excluding hydrogens is 360 g/mol. The summed E-state index contributed by atoms with van der Waals surface area (Å²) >= 11 is 0. The number of carbonyl (C=O) groups excluding carboxylic acids is 1. The molecule has 0 aromatic heterocycles. The molecule has 0 saturated carbocycles. The van der Waals surface area contributed by atoms with Crippen LogP contribution in [-0.2, 0) is 27.8 Å². The summed E-state index contributed by atoms with van der Waals surface area (Å²) in [6, 6.07) is 15.5. The fraction of sp³-hybridized carbons (Fsp3) is 0.381. The molecule has 0 atom stereocenters. The number of aryl methyl sites for hydroxylation is 2. The van der Waals surface area contributed by atoms with Crippen LogP contribution in [0.25, 0.3) is 0 Å². The lowest BCUT2D eigenvalue weighted by molar-refractivity contribution is -0.121. The van der Waals surface area contributed by atoms with Gasteiger partial charge in [-0.25, -0.2) is 8.42 Å². The molecule has 2 rings (SSSR count). The van der Waals surface area contributed by atoms with Crippen LogP contribution in [0.1, 0.15) is 36.5 Å². The lowest BCUT2D eigenvalue weighted by Gasteiger charge is -2.22. The van der Waals surface area contributed by atoms with Gasteiger partial charge in [0.15, 0.2) is 0 Å². The average Bonchev–Trinajstić information content (AvgIpc) is 2.63. The minimum absolute atomic E-state index is 0.0775. The quantitative estimate of drug-likeness (QED) is 0.716. The van der Waals surface area contributed by atoms with Gasteiger partial charge < -0.3 is 5.32 Å². The van der Waals surface area contributed by atoms with Crippen LogP contribution in [0.2, 0.25) is 0 Å². The number of hydrogen-bond donors (Lipinski definition) is 1. The molecule has 146 valence electrons. The van der Waals surface area contributed by atoms with Gasteiger partial charge in [-0.15, -0.1) is 0 Å². The zero-order valence-corrected chi connectivity index (χ0v) is 17.1. The number of hydrogen-bond acceptors (Lipinski definition) is 3. The molecule has 0 fully saturated rings. The Morgan fingerprint density at radius 3 is 2.37 bits per heavy atom. The van der Waals surface area contributed by atoms with Gasteiger partial charge in [-0.05, 0) is 43.0 Å². The lowest BCUT2D eigenvalue weighted by atomic mass is 10.1. The molecule has 27 heavy (non-hydrogen) atoms. The van der Waals surface area contributed by atoms with Gasteiger partial charge in [0, 0.05) is 19.5 Å². The van der Waals surface area contributed by atoms with Gasteiger partial charge in [0.2, 0.25) is 15.9 Å². The van der Waals surface area contributed by atoms with Crippen molar-refractivity contribution in [2.24, 2.45) is 0 Å². The summed E-state index contributed by atoms with van der Waals surface area (Å²) in [6.45, 7) is 4.83. The highest BCUT2D eigenvalue weighted by Gasteiger charge is 2.17. The van der Waals surface area contributed by atoms with Crippen molar-refractivity contribution in [2.75, 3.05) is 17.1 Å². The summed E-state index contributed by atoms with van der Waals surface area (Å²) in [6.07, 6.45) is 2.84. The maximum Gasteiger partial charge on any atom is 0.232 e. The van der Waals surface area contributed by atoms with Crippen LogP contribution in [0, 0.1) is 6.92 Å². The second-order valence-corrected chi connectivity index (χ2v) is 8.63. The molecule has 5 nitrogen and oxygen atoms in total. The number of sulfonamides is 1. The largest absolute Gasteiger partial charge is 0.352 e. The van der Waals surface area contributed by atoms with E-state index in [9.17, 15) is 13.2 Å². The molecule has 0 aliphatic carbocycles. The zero-order chi connectivity index (χ0) is 19.9. The van der Waals surface area contributed by atoms with Crippen molar-refractivity contribution >= 4 is 21.6 Å². The van der Waals surface area contributed by atoms with Gasteiger partial charge in [0.05, 0.1) is 11.9 Å². The smallest absolute Gasteiger partial charge is 0.232 e. The van der Waals surface area contributed by atoms with Crippen molar-refractivity contribution < 1.29 is 13.2 Å². The molecule has 0 heterocycles. The Balaban J connectivity index is 1.88. The van der Waals surface area contributed by atoms with E-state index in [1.807, 2.05) is 55.5 Å². The lowest BCUT2D eigenvalue weighted by Crippen LogP contribution is -2.32. The van der Waals surface area contributed by atoms with Gasteiger partial charge in [0.25, 0.3) is 0 Å². The van der Waals surface area contributed by atoms with E-state index >= 15 is 0 Å². The second kappa shape index (κ2) is 9.55. The Hall–Kier alpha value is -2.34. The van der Waals surface area contributed by atoms with E-state index in [0.29, 0.717) is 18.7 Å². The van der Waals surface area contributed by atoms with Crippen LogP contribution in [0.3, 0.4) is 0 Å². The number of nitrogens with zero attached hydrogens (tertiary/aromatic N) is 1. The third-order valence-corrected chi connectivity index (χ3v) is 5.56. The maximum atomic E-state index is 12.1. The maximum absolute atomic E-state index is 12.1. The van der Waals surface area contributed by atoms with Crippen molar-refractivity contribution in [1.82, 2.24) is 5.32 Å². The summed E-state index contributed by atoms with van der Waals surface area (Å²) in [5.41, 5.74) is 3.99. The molecule has 0 spiro atoms. The van der Waals surface area contributed by atoms with Crippen LogP contribution >= 0.6 is 0 Å². The molecule has 0 saturated heterocycles. The molecule has 0 unspecified atom stereocenters. The second-order valence-electron chi connectivity index (χ2n) is 6.72. The van der Waals surface area contributed by atoms with Gasteiger partial charge in [-0.3, -0.25) is 9.10 Å². The third-order valence-electron chi connectivity index (χ3n) is 4.37. The topological polar surface area (TPSA) is 66.5 Å². The number of amides is 1. The minimum atomic E-state index is -3.39. The Bertz CT molecular complexity index is 861. The molecule has 2 aromatic rings. The highest BCUT2D eigenvalue weighted by molar-refractivity contribution is 7.92. The van der Waals surface area contributed by atoms with Crippen LogP contribution in [0.5, 0.6) is 0 Å². The predicted molar refractivity (Wildman–Crippen MR) is 110 cm³/mol. The van der Waals surface area contributed by atoms with E-state index in [1.165, 1.54) is 10.6 Å². The number of benzene rings is 2. The van der Waals surface area contributed by atoms with Crippen molar-refractivity contribution in [2.45, 2.75) is 39.7 Å². The van der Waals surface area contributed by atoms with Crippen LogP contribution in [0.15, 0.2) is 48.5 Å². The number of anilines is 1. The van der Waals surface area contributed by atoms with E-state index in [0.717, 1.165) is 23.1 Å². The van der Waals surface area contributed by atoms with Gasteiger partial charge >= 0.3 is 0 Å². The van der Waals surface area contributed by atoms with Crippen LogP contribution in [0.4, 0.5) is 5.69 Å². The first-order valence-electron chi connectivity index (χ1n) is 9.18. The normalized spacial score (nSPS) is 11.2. The average molecular weight is 389 g/mol. The van der Waals surface area contributed by atoms with E-state index in [2.05, 4.69) is 12.2 Å². The fourth-order valence-electron chi connectivity index (χ4n) is 2.88. The molecule has 0 bridgehead atoms. The van der Waals surface area contributed by atoms with Gasteiger partial charge in [-0.2, -0.15) is 0 Å².